The maximum Gasteiger partial charge on any atom is 0.309 e. The number of carboxylic acid groups (broad SMARTS) is 1. The lowest BCUT2D eigenvalue weighted by Gasteiger charge is -2.29. The van der Waals surface area contributed by atoms with E-state index in [1.165, 1.54) is 0 Å². The van der Waals surface area contributed by atoms with E-state index < -0.39 is 11.4 Å². The molecule has 0 aromatic rings. The second-order valence-electron chi connectivity index (χ2n) is 4.43. The molecule has 0 heterocycles. The molecule has 0 aliphatic rings. The Morgan fingerprint density at radius 3 is 1.37 bits per heavy atom. The topological polar surface area (TPSA) is 65.0 Å². The van der Waals surface area contributed by atoms with Gasteiger partial charge in [0.05, 0.1) is 5.41 Å². The summed E-state index contributed by atoms with van der Waals surface area (Å²) in [7, 11) is 0. The lowest BCUT2D eigenvalue weighted by Crippen LogP contribution is -2.35. The third-order valence-corrected chi connectivity index (χ3v) is 3.24. The molecule has 0 aliphatic heterocycles. The highest BCUT2D eigenvalue weighted by molar-refractivity contribution is 5.74. The number of carboxylic acids is 1. The maximum atomic E-state index is 11.6. The van der Waals surface area contributed by atoms with Crippen molar-refractivity contribution in [2.24, 2.45) is 5.41 Å². The van der Waals surface area contributed by atoms with E-state index in [4.69, 9.17) is 14.2 Å². The molecule has 0 rings (SSSR count). The Morgan fingerprint density at radius 1 is 0.842 bits per heavy atom. The molecular weight excluding hydrogens is 248 g/mol. The number of carbonyl (C=O) groups is 1. The van der Waals surface area contributed by atoms with Crippen molar-refractivity contribution in [3.05, 3.63) is 0 Å². The Labute approximate surface area is 116 Å². The van der Waals surface area contributed by atoms with Gasteiger partial charge in [-0.05, 0) is 40.0 Å². The maximum absolute atomic E-state index is 11.6. The fraction of sp³-hybridized carbons (Fsp3) is 0.929. The molecule has 114 valence electrons. The van der Waals surface area contributed by atoms with Crippen LogP contribution >= 0.6 is 0 Å². The molecule has 0 saturated heterocycles. The van der Waals surface area contributed by atoms with Gasteiger partial charge in [0.15, 0.2) is 0 Å². The average molecular weight is 276 g/mol. The van der Waals surface area contributed by atoms with Gasteiger partial charge in [-0.15, -0.1) is 0 Å². The largest absolute Gasteiger partial charge is 0.481 e. The highest BCUT2D eigenvalue weighted by Gasteiger charge is 2.37. The minimum Gasteiger partial charge on any atom is -0.481 e. The highest BCUT2D eigenvalue weighted by atomic mass is 16.5. The third-order valence-electron chi connectivity index (χ3n) is 3.24. The zero-order valence-corrected chi connectivity index (χ0v) is 12.4. The summed E-state index contributed by atoms with van der Waals surface area (Å²) >= 11 is 0. The molecule has 0 aromatic carbocycles. The minimum absolute atomic E-state index is 0.459. The second-order valence-corrected chi connectivity index (χ2v) is 4.43. The summed E-state index contributed by atoms with van der Waals surface area (Å²) in [6, 6.07) is 0. The summed E-state index contributed by atoms with van der Waals surface area (Å²) in [6.07, 6.45) is 1.49. The van der Waals surface area contributed by atoms with Gasteiger partial charge in [-0.25, -0.2) is 0 Å². The zero-order valence-electron chi connectivity index (χ0n) is 12.4. The van der Waals surface area contributed by atoms with Gasteiger partial charge in [0.2, 0.25) is 0 Å². The van der Waals surface area contributed by atoms with Crippen LogP contribution in [0.3, 0.4) is 0 Å². The van der Waals surface area contributed by atoms with Crippen LogP contribution in [-0.4, -0.2) is 50.7 Å². The predicted molar refractivity (Wildman–Crippen MR) is 73.4 cm³/mol. The molecule has 0 saturated carbocycles. The summed E-state index contributed by atoms with van der Waals surface area (Å²) in [4.78, 5) is 11.6. The van der Waals surface area contributed by atoms with Gasteiger partial charge < -0.3 is 19.3 Å². The lowest BCUT2D eigenvalue weighted by molar-refractivity contribution is -0.153. The number of ether oxygens (including phenoxy) is 3. The quantitative estimate of drug-likeness (QED) is 0.523. The highest BCUT2D eigenvalue weighted by Crippen LogP contribution is 2.32. The molecule has 0 aliphatic carbocycles. The van der Waals surface area contributed by atoms with E-state index in [1.54, 1.807) is 0 Å². The molecule has 0 unspecified atom stereocenters. The standard InChI is InChI=1S/C14H28O5/c1-4-17-10-7-14(13(15)16,8-11-18-5-2)9-12-19-6-3/h4-12H2,1-3H3,(H,15,16). The van der Waals surface area contributed by atoms with Crippen LogP contribution in [0.5, 0.6) is 0 Å². The van der Waals surface area contributed by atoms with E-state index in [0.29, 0.717) is 58.9 Å². The number of aliphatic carboxylic acids is 1. The summed E-state index contributed by atoms with van der Waals surface area (Å²) < 4.78 is 15.9. The van der Waals surface area contributed by atoms with Gasteiger partial charge in [-0.2, -0.15) is 0 Å². The minimum atomic E-state index is -0.806. The first-order valence-corrected chi connectivity index (χ1v) is 7.09. The monoisotopic (exact) mass is 276 g/mol. The fourth-order valence-electron chi connectivity index (χ4n) is 1.93. The van der Waals surface area contributed by atoms with Gasteiger partial charge in [0, 0.05) is 39.6 Å². The third kappa shape index (κ3) is 7.50. The van der Waals surface area contributed by atoms with Crippen molar-refractivity contribution in [2.75, 3.05) is 39.6 Å². The number of hydrogen-bond donors (Lipinski definition) is 1. The Kier molecular flexibility index (Phi) is 10.8. The van der Waals surface area contributed by atoms with E-state index in [1.807, 2.05) is 20.8 Å². The van der Waals surface area contributed by atoms with Crippen molar-refractivity contribution < 1.29 is 24.1 Å². The molecule has 5 heteroatoms. The SMILES string of the molecule is CCOCCC(CCOCC)(CCOCC)C(=O)O. The lowest BCUT2D eigenvalue weighted by atomic mass is 9.78. The van der Waals surface area contributed by atoms with Crippen molar-refractivity contribution >= 4 is 5.97 Å². The molecule has 19 heavy (non-hydrogen) atoms. The second kappa shape index (κ2) is 11.2. The molecule has 0 aromatic heterocycles. The zero-order chi connectivity index (χ0) is 14.6. The molecule has 1 N–H and O–H groups in total. The summed E-state index contributed by atoms with van der Waals surface area (Å²) in [5.41, 5.74) is -0.806. The van der Waals surface area contributed by atoms with Crippen LogP contribution in [0.4, 0.5) is 0 Å². The first-order chi connectivity index (χ1) is 9.13. The van der Waals surface area contributed by atoms with Crippen LogP contribution < -0.4 is 0 Å². The summed E-state index contributed by atoms with van der Waals surface area (Å²) in [5.74, 6) is -0.786. The molecule has 0 atom stereocenters. The van der Waals surface area contributed by atoms with Crippen LogP contribution in [0, 0.1) is 5.41 Å². The van der Waals surface area contributed by atoms with Crippen molar-refractivity contribution in [1.82, 2.24) is 0 Å². The predicted octanol–water partition coefficient (Wildman–Crippen LogP) is 2.34. The molecule has 0 spiro atoms. The van der Waals surface area contributed by atoms with E-state index >= 15 is 0 Å². The van der Waals surface area contributed by atoms with E-state index in [9.17, 15) is 9.90 Å². The molecule has 0 amide bonds. The van der Waals surface area contributed by atoms with E-state index in [2.05, 4.69) is 0 Å². The number of rotatable bonds is 13. The Hall–Kier alpha value is -0.650. The molecule has 0 radical (unpaired) electrons. The first kappa shape index (κ1) is 18.4. The van der Waals surface area contributed by atoms with Gasteiger partial charge in [-0.1, -0.05) is 0 Å². The van der Waals surface area contributed by atoms with Crippen LogP contribution in [0.25, 0.3) is 0 Å². The van der Waals surface area contributed by atoms with Crippen LogP contribution in [0.15, 0.2) is 0 Å². The van der Waals surface area contributed by atoms with Crippen molar-refractivity contribution in [3.63, 3.8) is 0 Å². The van der Waals surface area contributed by atoms with Gasteiger partial charge >= 0.3 is 5.97 Å². The van der Waals surface area contributed by atoms with Crippen molar-refractivity contribution in [3.8, 4) is 0 Å². The van der Waals surface area contributed by atoms with E-state index in [0.717, 1.165) is 0 Å². The molecule has 0 fully saturated rings. The Balaban J connectivity index is 4.53. The first-order valence-electron chi connectivity index (χ1n) is 7.09. The fourth-order valence-corrected chi connectivity index (χ4v) is 1.93. The van der Waals surface area contributed by atoms with Gasteiger partial charge in [0.25, 0.3) is 0 Å². The molecule has 5 nitrogen and oxygen atoms in total. The van der Waals surface area contributed by atoms with Gasteiger partial charge in [-0.3, -0.25) is 4.79 Å². The van der Waals surface area contributed by atoms with Crippen molar-refractivity contribution in [1.29, 1.82) is 0 Å². The summed E-state index contributed by atoms with van der Waals surface area (Å²) in [5, 5.41) is 9.56. The molecule has 0 bridgehead atoms. The van der Waals surface area contributed by atoms with Gasteiger partial charge in [0.1, 0.15) is 0 Å². The van der Waals surface area contributed by atoms with Crippen molar-refractivity contribution in [2.45, 2.75) is 40.0 Å². The Bertz CT molecular complexity index is 203. The normalized spacial score (nSPS) is 11.7. The van der Waals surface area contributed by atoms with Crippen LogP contribution in [0.1, 0.15) is 40.0 Å². The average Bonchev–Trinajstić information content (AvgIpc) is 2.38. The Morgan fingerprint density at radius 2 is 1.16 bits per heavy atom. The van der Waals surface area contributed by atoms with Crippen LogP contribution in [0.2, 0.25) is 0 Å². The summed E-state index contributed by atoms with van der Waals surface area (Å²) in [6.45, 7) is 8.91. The smallest absolute Gasteiger partial charge is 0.309 e. The van der Waals surface area contributed by atoms with E-state index in [-0.39, 0.29) is 0 Å². The molecular formula is C14H28O5. The van der Waals surface area contributed by atoms with Crippen LogP contribution in [-0.2, 0) is 19.0 Å². The number of hydrogen-bond acceptors (Lipinski definition) is 4.